The molecule has 2 N–H and O–H groups in total. The van der Waals surface area contributed by atoms with Gasteiger partial charge in [-0.15, -0.1) is 0 Å². The molecule has 2 aromatic rings. The monoisotopic (exact) mass is 301 g/mol. The van der Waals surface area contributed by atoms with Gasteiger partial charge in [0.1, 0.15) is 0 Å². The number of benzene rings is 1. The summed E-state index contributed by atoms with van der Waals surface area (Å²) in [4.78, 5) is 14.8. The van der Waals surface area contributed by atoms with E-state index in [0.29, 0.717) is 18.5 Å². The molecule has 1 aromatic heterocycles. The lowest BCUT2D eigenvalue weighted by Crippen LogP contribution is -2.16. The number of aliphatic hydroxyl groups is 1. The highest BCUT2D eigenvalue weighted by molar-refractivity contribution is 5.59. The number of nitro groups is 1. The summed E-state index contributed by atoms with van der Waals surface area (Å²) in [6, 6.07) is 11.4. The van der Waals surface area contributed by atoms with Crippen molar-refractivity contribution in [2.24, 2.45) is 0 Å². The van der Waals surface area contributed by atoms with Crippen LogP contribution in [0.3, 0.4) is 0 Å². The van der Waals surface area contributed by atoms with Crippen molar-refractivity contribution in [3.05, 3.63) is 63.8 Å². The largest absolute Gasteiger partial charge is 0.396 e. The molecule has 116 valence electrons. The molecule has 22 heavy (non-hydrogen) atoms. The second-order valence-electron chi connectivity index (χ2n) is 5.08. The van der Waals surface area contributed by atoms with Gasteiger partial charge in [0, 0.05) is 30.8 Å². The van der Waals surface area contributed by atoms with E-state index in [9.17, 15) is 15.2 Å². The third-order valence-corrected chi connectivity index (χ3v) is 3.57. The first-order valence-electron chi connectivity index (χ1n) is 7.13. The third kappa shape index (κ3) is 3.79. The Morgan fingerprint density at radius 2 is 2.05 bits per heavy atom. The lowest BCUT2D eigenvalue weighted by Gasteiger charge is -2.17. The highest BCUT2D eigenvalue weighted by Crippen LogP contribution is 2.27. The number of anilines is 1. The maximum Gasteiger partial charge on any atom is 0.314 e. The molecule has 2 rings (SSSR count). The molecule has 6 heteroatoms. The molecule has 0 aliphatic rings. The number of nitrogens with zero attached hydrogens (tertiary/aromatic N) is 2. The smallest absolute Gasteiger partial charge is 0.314 e. The van der Waals surface area contributed by atoms with Crippen LogP contribution >= 0.6 is 0 Å². The van der Waals surface area contributed by atoms with Crippen molar-refractivity contribution >= 4 is 11.5 Å². The third-order valence-electron chi connectivity index (χ3n) is 3.57. The van der Waals surface area contributed by atoms with Gasteiger partial charge in [-0.1, -0.05) is 30.3 Å². The lowest BCUT2D eigenvalue weighted by molar-refractivity contribution is -0.384. The van der Waals surface area contributed by atoms with Gasteiger partial charge < -0.3 is 10.4 Å². The standard InChI is InChI=1S/C16H19N3O3/c1-12-7-9-17-16(15(12)19(21)22)18-11-14(8-10-20)13-5-3-2-4-6-13/h2-7,9,14,20H,8,10-11H2,1H3,(H,17,18). The molecule has 1 unspecified atom stereocenters. The molecule has 1 aromatic carbocycles. The number of hydrogen-bond donors (Lipinski definition) is 2. The summed E-state index contributed by atoms with van der Waals surface area (Å²) in [5, 5.41) is 23.5. The molecule has 0 bridgehead atoms. The molecule has 1 heterocycles. The van der Waals surface area contributed by atoms with Crippen molar-refractivity contribution in [1.82, 2.24) is 4.98 Å². The summed E-state index contributed by atoms with van der Waals surface area (Å²) < 4.78 is 0. The van der Waals surface area contributed by atoms with Gasteiger partial charge >= 0.3 is 5.69 Å². The fourth-order valence-electron chi connectivity index (χ4n) is 2.40. The predicted octanol–water partition coefficient (Wildman–Crippen LogP) is 2.88. The first kappa shape index (κ1) is 15.9. The van der Waals surface area contributed by atoms with E-state index in [1.165, 1.54) is 0 Å². The maximum atomic E-state index is 11.2. The minimum atomic E-state index is -0.422. The van der Waals surface area contributed by atoms with Gasteiger partial charge in [0.2, 0.25) is 5.82 Å². The fraction of sp³-hybridized carbons (Fsp3) is 0.312. The SMILES string of the molecule is Cc1ccnc(NCC(CCO)c2ccccc2)c1[N+](=O)[O-]. The van der Waals surface area contributed by atoms with Crippen LogP contribution in [0, 0.1) is 17.0 Å². The Morgan fingerprint density at radius 3 is 2.68 bits per heavy atom. The number of aliphatic hydroxyl groups excluding tert-OH is 1. The molecule has 0 saturated heterocycles. The zero-order chi connectivity index (χ0) is 15.9. The summed E-state index contributed by atoms with van der Waals surface area (Å²) in [5.41, 5.74) is 1.65. The van der Waals surface area contributed by atoms with Gasteiger partial charge in [-0.3, -0.25) is 10.1 Å². The van der Waals surface area contributed by atoms with Gasteiger partial charge in [-0.2, -0.15) is 0 Å². The predicted molar refractivity (Wildman–Crippen MR) is 85.0 cm³/mol. The normalized spacial score (nSPS) is 11.9. The van der Waals surface area contributed by atoms with E-state index in [4.69, 9.17) is 0 Å². The Balaban J connectivity index is 2.17. The molecule has 0 fully saturated rings. The van der Waals surface area contributed by atoms with E-state index >= 15 is 0 Å². The average Bonchev–Trinajstić information content (AvgIpc) is 2.52. The van der Waals surface area contributed by atoms with E-state index in [1.54, 1.807) is 19.2 Å². The molecule has 0 amide bonds. The van der Waals surface area contributed by atoms with Crippen LogP contribution in [0.15, 0.2) is 42.6 Å². The lowest BCUT2D eigenvalue weighted by atomic mass is 9.96. The van der Waals surface area contributed by atoms with Crippen LogP contribution in [0.4, 0.5) is 11.5 Å². The van der Waals surface area contributed by atoms with Crippen molar-refractivity contribution in [3.63, 3.8) is 0 Å². The molecule has 0 saturated carbocycles. The van der Waals surface area contributed by atoms with E-state index in [1.807, 2.05) is 30.3 Å². The van der Waals surface area contributed by atoms with Crippen LogP contribution in [0.25, 0.3) is 0 Å². The zero-order valence-corrected chi connectivity index (χ0v) is 12.4. The van der Waals surface area contributed by atoms with Gasteiger partial charge in [-0.25, -0.2) is 4.98 Å². The van der Waals surface area contributed by atoms with Crippen LogP contribution in [-0.2, 0) is 0 Å². The second kappa shape index (κ2) is 7.51. The van der Waals surface area contributed by atoms with Crippen molar-refractivity contribution in [2.75, 3.05) is 18.5 Å². The van der Waals surface area contributed by atoms with Crippen LogP contribution in [0.5, 0.6) is 0 Å². The molecule has 0 aliphatic carbocycles. The number of hydrogen-bond acceptors (Lipinski definition) is 5. The van der Waals surface area contributed by atoms with Gasteiger partial charge in [0.15, 0.2) is 0 Å². The molecule has 0 spiro atoms. The summed E-state index contributed by atoms with van der Waals surface area (Å²) in [6.45, 7) is 2.22. The summed E-state index contributed by atoms with van der Waals surface area (Å²) in [5.74, 6) is 0.331. The van der Waals surface area contributed by atoms with Gasteiger partial charge in [-0.05, 0) is 25.0 Å². The highest BCUT2D eigenvalue weighted by atomic mass is 16.6. The first-order chi connectivity index (χ1) is 10.6. The second-order valence-corrected chi connectivity index (χ2v) is 5.08. The van der Waals surface area contributed by atoms with Crippen molar-refractivity contribution < 1.29 is 10.0 Å². The summed E-state index contributed by atoms with van der Waals surface area (Å²) >= 11 is 0. The molecule has 6 nitrogen and oxygen atoms in total. The van der Waals surface area contributed by atoms with Crippen molar-refractivity contribution in [2.45, 2.75) is 19.3 Å². The number of pyridine rings is 1. The Kier molecular flexibility index (Phi) is 5.43. The Labute approximate surface area is 129 Å². The molecule has 1 atom stereocenters. The minimum absolute atomic E-state index is 0.00156. The highest BCUT2D eigenvalue weighted by Gasteiger charge is 2.19. The van der Waals surface area contributed by atoms with Crippen molar-refractivity contribution in [3.8, 4) is 0 Å². The molecule has 0 aliphatic heterocycles. The summed E-state index contributed by atoms with van der Waals surface area (Å²) in [7, 11) is 0. The first-order valence-corrected chi connectivity index (χ1v) is 7.13. The van der Waals surface area contributed by atoms with Crippen LogP contribution in [0.1, 0.15) is 23.5 Å². The van der Waals surface area contributed by atoms with Crippen LogP contribution < -0.4 is 5.32 Å². The number of rotatable bonds is 7. The van der Waals surface area contributed by atoms with E-state index < -0.39 is 4.92 Å². The zero-order valence-electron chi connectivity index (χ0n) is 12.4. The van der Waals surface area contributed by atoms with Gasteiger partial charge in [0.05, 0.1) is 4.92 Å². The quantitative estimate of drug-likeness (QED) is 0.606. The average molecular weight is 301 g/mol. The van der Waals surface area contributed by atoms with E-state index in [-0.39, 0.29) is 24.0 Å². The van der Waals surface area contributed by atoms with Crippen LogP contribution in [0.2, 0.25) is 0 Å². The Bertz CT molecular complexity index is 632. The molecular formula is C16H19N3O3. The Morgan fingerprint density at radius 1 is 1.32 bits per heavy atom. The number of aromatic nitrogens is 1. The molecular weight excluding hydrogens is 282 g/mol. The fourth-order valence-corrected chi connectivity index (χ4v) is 2.40. The van der Waals surface area contributed by atoms with Crippen LogP contribution in [-0.4, -0.2) is 28.2 Å². The van der Waals surface area contributed by atoms with Crippen molar-refractivity contribution in [1.29, 1.82) is 0 Å². The van der Waals surface area contributed by atoms with E-state index in [0.717, 1.165) is 5.56 Å². The number of nitrogens with one attached hydrogen (secondary N) is 1. The maximum absolute atomic E-state index is 11.2. The number of aryl methyl sites for hydroxylation is 1. The topological polar surface area (TPSA) is 88.3 Å². The van der Waals surface area contributed by atoms with E-state index in [2.05, 4.69) is 10.3 Å². The molecule has 0 radical (unpaired) electrons. The van der Waals surface area contributed by atoms with Gasteiger partial charge in [0.25, 0.3) is 0 Å². The summed E-state index contributed by atoms with van der Waals surface area (Å²) in [6.07, 6.45) is 2.13. The Hall–Kier alpha value is -2.47. The minimum Gasteiger partial charge on any atom is -0.396 e.